The molecule has 1 aliphatic heterocycles. The number of halogens is 1. The maximum Gasteiger partial charge on any atom is 0.254 e. The van der Waals surface area contributed by atoms with Crippen LogP contribution in [0.15, 0.2) is 36.7 Å². The predicted molar refractivity (Wildman–Crippen MR) is 101 cm³/mol. The fraction of sp³-hybridized carbons (Fsp3) is 0.412. The Morgan fingerprint density at radius 3 is 2.75 bits per heavy atom. The van der Waals surface area contributed by atoms with Gasteiger partial charge in [-0.15, -0.1) is 12.4 Å². The van der Waals surface area contributed by atoms with Gasteiger partial charge >= 0.3 is 0 Å². The molecule has 1 atom stereocenters. The van der Waals surface area contributed by atoms with Crippen LogP contribution in [0.5, 0.6) is 0 Å². The molecular weight excluding hydrogens is 344 g/mol. The molecule has 130 valence electrons. The number of rotatable bonds is 4. The third-order valence-electron chi connectivity index (χ3n) is 4.17. The molecule has 0 bridgehead atoms. The van der Waals surface area contributed by atoms with Crippen molar-refractivity contribution in [2.24, 2.45) is 7.05 Å². The molecule has 2 heterocycles. The normalized spacial score (nSPS) is 17.4. The molecule has 1 aromatic heterocycles. The topological polar surface area (TPSA) is 50.2 Å². The largest absolute Gasteiger partial charge is 0.336 e. The molecule has 0 radical (unpaired) electrons. The minimum Gasteiger partial charge on any atom is -0.336 e. The van der Waals surface area contributed by atoms with Crippen LogP contribution in [0.4, 0.5) is 0 Å². The van der Waals surface area contributed by atoms with E-state index in [2.05, 4.69) is 16.6 Å². The zero-order chi connectivity index (χ0) is 16.2. The molecule has 1 N–H and O–H groups in total. The fourth-order valence-corrected chi connectivity index (χ4v) is 3.48. The number of piperazine rings is 1. The van der Waals surface area contributed by atoms with Crippen LogP contribution in [-0.4, -0.2) is 46.2 Å². The first-order valence-electron chi connectivity index (χ1n) is 7.77. The number of aryl methyl sites for hydroxylation is 1. The summed E-state index contributed by atoms with van der Waals surface area (Å²) in [7, 11) is 1.97. The van der Waals surface area contributed by atoms with Gasteiger partial charge in [-0.2, -0.15) is 11.8 Å². The average molecular weight is 367 g/mol. The van der Waals surface area contributed by atoms with Gasteiger partial charge in [-0.05, 0) is 24.0 Å². The monoisotopic (exact) mass is 366 g/mol. The lowest BCUT2D eigenvalue weighted by Crippen LogP contribution is -2.49. The lowest BCUT2D eigenvalue weighted by Gasteiger charge is -2.35. The lowest BCUT2D eigenvalue weighted by atomic mass is 10.1. The number of thioether (sulfide) groups is 1. The lowest BCUT2D eigenvalue weighted by molar-refractivity contribution is 0.0621. The summed E-state index contributed by atoms with van der Waals surface area (Å²) in [6.07, 6.45) is 5.78. The second-order valence-corrected chi connectivity index (χ2v) is 6.61. The summed E-state index contributed by atoms with van der Waals surface area (Å²) in [5, 5.41) is 3.36. The van der Waals surface area contributed by atoms with E-state index < -0.39 is 0 Å². The van der Waals surface area contributed by atoms with E-state index in [1.54, 1.807) is 18.0 Å². The molecule has 1 aliphatic rings. The van der Waals surface area contributed by atoms with Gasteiger partial charge in [0.2, 0.25) is 0 Å². The Morgan fingerprint density at radius 2 is 2.12 bits per heavy atom. The summed E-state index contributed by atoms with van der Waals surface area (Å²) in [6, 6.07) is 7.93. The van der Waals surface area contributed by atoms with Crippen LogP contribution in [0.3, 0.4) is 0 Å². The highest BCUT2D eigenvalue weighted by Gasteiger charge is 2.30. The second kappa shape index (κ2) is 8.55. The smallest absolute Gasteiger partial charge is 0.254 e. The molecule has 3 rings (SSSR count). The van der Waals surface area contributed by atoms with Crippen LogP contribution in [0.25, 0.3) is 0 Å². The number of hydrogen-bond donors (Lipinski definition) is 1. The number of nitrogens with zero attached hydrogens (tertiary/aromatic N) is 3. The van der Waals surface area contributed by atoms with Gasteiger partial charge in [-0.3, -0.25) is 4.79 Å². The van der Waals surface area contributed by atoms with Crippen LogP contribution < -0.4 is 5.32 Å². The van der Waals surface area contributed by atoms with E-state index in [9.17, 15) is 4.79 Å². The summed E-state index contributed by atoms with van der Waals surface area (Å²) in [5.41, 5.74) is 1.99. The first kappa shape index (κ1) is 18.8. The van der Waals surface area contributed by atoms with Crippen molar-refractivity contribution in [2.45, 2.75) is 11.8 Å². The molecule has 0 spiro atoms. The SMILES string of the molecule is CSCc1ccc(C(=O)N2CCNCC2c2nccn2C)cc1.Cl. The van der Waals surface area contributed by atoms with Gasteiger partial charge < -0.3 is 14.8 Å². The molecule has 0 saturated carbocycles. The highest BCUT2D eigenvalue weighted by atomic mass is 35.5. The summed E-state index contributed by atoms with van der Waals surface area (Å²) in [6.45, 7) is 2.25. The third kappa shape index (κ3) is 3.94. The van der Waals surface area contributed by atoms with E-state index in [0.717, 1.165) is 30.2 Å². The summed E-state index contributed by atoms with van der Waals surface area (Å²) >= 11 is 1.78. The van der Waals surface area contributed by atoms with Gasteiger partial charge in [0.25, 0.3) is 5.91 Å². The van der Waals surface area contributed by atoms with E-state index in [0.29, 0.717) is 6.54 Å². The van der Waals surface area contributed by atoms with Crippen molar-refractivity contribution in [3.63, 3.8) is 0 Å². The van der Waals surface area contributed by atoms with Crippen LogP contribution in [0.1, 0.15) is 27.8 Å². The Kier molecular flexibility index (Phi) is 6.71. The number of imidazole rings is 1. The van der Waals surface area contributed by atoms with E-state index in [4.69, 9.17) is 0 Å². The molecule has 7 heteroatoms. The molecule has 1 fully saturated rings. The zero-order valence-electron chi connectivity index (χ0n) is 13.9. The fourth-order valence-electron chi connectivity index (χ4n) is 2.95. The highest BCUT2D eigenvalue weighted by Crippen LogP contribution is 2.23. The van der Waals surface area contributed by atoms with Crippen molar-refractivity contribution >= 4 is 30.1 Å². The van der Waals surface area contributed by atoms with Crippen LogP contribution in [0.2, 0.25) is 0 Å². The number of nitrogens with one attached hydrogen (secondary N) is 1. The Morgan fingerprint density at radius 1 is 1.38 bits per heavy atom. The number of carbonyl (C=O) groups excluding carboxylic acids is 1. The minimum atomic E-state index is -0.0258. The molecule has 24 heavy (non-hydrogen) atoms. The van der Waals surface area contributed by atoms with Crippen LogP contribution in [0, 0.1) is 0 Å². The van der Waals surface area contributed by atoms with Crippen molar-refractivity contribution in [1.82, 2.24) is 19.8 Å². The number of benzene rings is 1. The number of carbonyl (C=O) groups is 1. The minimum absolute atomic E-state index is 0. The van der Waals surface area contributed by atoms with Crippen molar-refractivity contribution in [3.8, 4) is 0 Å². The van der Waals surface area contributed by atoms with Crippen LogP contribution in [-0.2, 0) is 12.8 Å². The first-order valence-corrected chi connectivity index (χ1v) is 9.17. The Bertz CT molecular complexity index is 673. The van der Waals surface area contributed by atoms with Gasteiger partial charge in [0.1, 0.15) is 11.9 Å². The summed E-state index contributed by atoms with van der Waals surface area (Å²) in [5.74, 6) is 1.97. The van der Waals surface area contributed by atoms with Gasteiger partial charge in [-0.1, -0.05) is 12.1 Å². The first-order chi connectivity index (χ1) is 11.2. The van der Waals surface area contributed by atoms with E-state index in [-0.39, 0.29) is 24.4 Å². The van der Waals surface area contributed by atoms with E-state index >= 15 is 0 Å². The summed E-state index contributed by atoms with van der Waals surface area (Å²) < 4.78 is 1.99. The molecule has 5 nitrogen and oxygen atoms in total. The molecule has 1 aromatic carbocycles. The predicted octanol–water partition coefficient (Wildman–Crippen LogP) is 2.49. The van der Waals surface area contributed by atoms with E-state index in [1.165, 1.54) is 5.56 Å². The molecule has 2 aromatic rings. The van der Waals surface area contributed by atoms with Gasteiger partial charge in [0.15, 0.2) is 0 Å². The van der Waals surface area contributed by atoms with Gasteiger partial charge in [0.05, 0.1) is 0 Å². The average Bonchev–Trinajstić information content (AvgIpc) is 3.01. The Hall–Kier alpha value is -1.50. The molecular formula is C17H23ClN4OS. The zero-order valence-corrected chi connectivity index (χ0v) is 15.6. The number of amides is 1. The van der Waals surface area contributed by atoms with Crippen molar-refractivity contribution < 1.29 is 4.79 Å². The Labute approximate surface area is 153 Å². The number of aromatic nitrogens is 2. The maximum atomic E-state index is 12.9. The van der Waals surface area contributed by atoms with Gasteiger partial charge in [0, 0.05) is 50.4 Å². The van der Waals surface area contributed by atoms with Crippen molar-refractivity contribution in [3.05, 3.63) is 53.6 Å². The van der Waals surface area contributed by atoms with Crippen LogP contribution >= 0.6 is 24.2 Å². The van der Waals surface area contributed by atoms with E-state index in [1.807, 2.05) is 47.0 Å². The molecule has 0 aliphatic carbocycles. The maximum absolute atomic E-state index is 12.9. The molecule has 1 saturated heterocycles. The number of hydrogen-bond acceptors (Lipinski definition) is 4. The highest BCUT2D eigenvalue weighted by molar-refractivity contribution is 7.97. The second-order valence-electron chi connectivity index (χ2n) is 5.74. The standard InChI is InChI=1S/C17H22N4OS.ClH/c1-20-9-8-19-16(20)15-11-18-7-10-21(15)17(22)14-5-3-13(4-6-14)12-23-2;/h3-6,8-9,15,18H,7,10-12H2,1-2H3;1H. The Balaban J connectivity index is 0.00000208. The van der Waals surface area contributed by atoms with Crippen molar-refractivity contribution in [1.29, 1.82) is 0 Å². The quantitative estimate of drug-likeness (QED) is 0.903. The molecule has 1 amide bonds. The molecule has 1 unspecified atom stereocenters. The van der Waals surface area contributed by atoms with Crippen molar-refractivity contribution in [2.75, 3.05) is 25.9 Å². The summed E-state index contributed by atoms with van der Waals surface area (Å²) in [4.78, 5) is 19.3. The van der Waals surface area contributed by atoms with Gasteiger partial charge in [-0.25, -0.2) is 4.98 Å². The third-order valence-corrected chi connectivity index (χ3v) is 4.79.